The molecule has 0 aliphatic rings. The molecular weight excluding hydrogens is 334 g/mol. The van der Waals surface area contributed by atoms with Gasteiger partial charge in [-0.15, -0.1) is 11.3 Å². The van der Waals surface area contributed by atoms with Crippen LogP contribution in [-0.4, -0.2) is 30.8 Å². The van der Waals surface area contributed by atoms with Crippen LogP contribution in [0.2, 0.25) is 5.02 Å². The van der Waals surface area contributed by atoms with Gasteiger partial charge in [0.15, 0.2) is 5.13 Å². The van der Waals surface area contributed by atoms with Gasteiger partial charge in [0.25, 0.3) is 0 Å². The van der Waals surface area contributed by atoms with Crippen LogP contribution in [0.4, 0.5) is 9.93 Å². The average molecular weight is 354 g/mol. The van der Waals surface area contributed by atoms with E-state index in [-0.39, 0.29) is 6.61 Å². The molecule has 124 valence electrons. The van der Waals surface area contributed by atoms with Crippen molar-refractivity contribution in [3.05, 3.63) is 34.2 Å². The Bertz CT molecular complexity index is 654. The zero-order valence-electron chi connectivity index (χ0n) is 13.2. The predicted octanol–water partition coefficient (Wildman–Crippen LogP) is 3.95. The lowest BCUT2D eigenvalue weighted by atomic mass is 10.1. The van der Waals surface area contributed by atoms with E-state index in [0.717, 1.165) is 34.4 Å². The minimum absolute atomic E-state index is 0.246. The summed E-state index contributed by atoms with van der Waals surface area (Å²) in [6, 6.07) is 7.58. The molecule has 2 rings (SSSR count). The Hall–Kier alpha value is -1.79. The summed E-state index contributed by atoms with van der Waals surface area (Å²) in [5.41, 5.74) is 6.93. The Balaban J connectivity index is 2.32. The molecule has 1 heterocycles. The molecule has 0 saturated carbocycles. The molecule has 0 saturated heterocycles. The third kappa shape index (κ3) is 4.59. The first-order chi connectivity index (χ1) is 11.0. The third-order valence-electron chi connectivity index (χ3n) is 3.41. The summed E-state index contributed by atoms with van der Waals surface area (Å²) >= 11 is 7.58. The smallest absolute Gasteiger partial charge is 0.404 e. The summed E-state index contributed by atoms with van der Waals surface area (Å²) in [4.78, 5) is 18.8. The van der Waals surface area contributed by atoms with Crippen LogP contribution < -0.4 is 10.6 Å². The predicted molar refractivity (Wildman–Crippen MR) is 95.4 cm³/mol. The Morgan fingerprint density at radius 1 is 1.30 bits per heavy atom. The molecular formula is C16H20ClN3O2S. The van der Waals surface area contributed by atoms with E-state index in [1.807, 2.05) is 24.3 Å². The normalized spacial score (nSPS) is 10.6. The SMILES string of the molecule is CCN(CC)c1nc(-c2ccc(Cl)cc2)c(CCOC(N)=O)s1. The molecule has 0 aliphatic carbocycles. The van der Waals surface area contributed by atoms with Gasteiger partial charge in [0.2, 0.25) is 0 Å². The number of carbonyl (C=O) groups is 1. The maximum Gasteiger partial charge on any atom is 0.404 e. The number of nitrogens with zero attached hydrogens (tertiary/aromatic N) is 2. The van der Waals surface area contributed by atoms with Crippen molar-refractivity contribution in [3.8, 4) is 11.3 Å². The molecule has 0 aliphatic heterocycles. The second-order valence-corrected chi connectivity index (χ2v) is 6.36. The van der Waals surface area contributed by atoms with Crippen molar-refractivity contribution in [2.45, 2.75) is 20.3 Å². The van der Waals surface area contributed by atoms with Crippen LogP contribution in [0.5, 0.6) is 0 Å². The van der Waals surface area contributed by atoms with E-state index in [9.17, 15) is 4.79 Å². The maximum atomic E-state index is 10.8. The molecule has 0 fully saturated rings. The highest BCUT2D eigenvalue weighted by molar-refractivity contribution is 7.16. The number of anilines is 1. The number of rotatable bonds is 7. The Labute approximate surface area is 145 Å². The van der Waals surface area contributed by atoms with E-state index in [2.05, 4.69) is 18.7 Å². The second kappa shape index (κ2) is 8.17. The highest BCUT2D eigenvalue weighted by atomic mass is 35.5. The van der Waals surface area contributed by atoms with Crippen molar-refractivity contribution in [3.63, 3.8) is 0 Å². The number of thiazole rings is 1. The number of nitrogens with two attached hydrogens (primary N) is 1. The van der Waals surface area contributed by atoms with E-state index in [0.29, 0.717) is 11.4 Å². The fourth-order valence-corrected chi connectivity index (χ4v) is 3.53. The minimum Gasteiger partial charge on any atom is -0.449 e. The lowest BCUT2D eigenvalue weighted by Gasteiger charge is -2.16. The molecule has 23 heavy (non-hydrogen) atoms. The number of amides is 1. The number of hydrogen-bond acceptors (Lipinski definition) is 5. The van der Waals surface area contributed by atoms with Crippen molar-refractivity contribution >= 4 is 34.2 Å². The van der Waals surface area contributed by atoms with Crippen molar-refractivity contribution in [1.82, 2.24) is 4.98 Å². The minimum atomic E-state index is -0.758. The molecule has 5 nitrogen and oxygen atoms in total. The standard InChI is InChI=1S/C16H20ClN3O2S/c1-3-20(4-2)16-19-14(11-5-7-12(17)8-6-11)13(23-16)9-10-22-15(18)21/h5-8H,3-4,9-10H2,1-2H3,(H2,18,21). The topological polar surface area (TPSA) is 68.5 Å². The summed E-state index contributed by atoms with van der Waals surface area (Å²) in [5, 5.41) is 1.65. The number of benzene rings is 1. The highest BCUT2D eigenvalue weighted by Gasteiger charge is 2.16. The van der Waals surface area contributed by atoms with Gasteiger partial charge in [0, 0.05) is 35.0 Å². The van der Waals surface area contributed by atoms with Crippen molar-refractivity contribution in [2.75, 3.05) is 24.6 Å². The molecule has 0 bridgehead atoms. The Kier molecular flexibility index (Phi) is 6.24. The molecule has 2 N–H and O–H groups in total. The van der Waals surface area contributed by atoms with Gasteiger partial charge in [0.1, 0.15) is 0 Å². The summed E-state index contributed by atoms with van der Waals surface area (Å²) < 4.78 is 4.86. The molecule has 0 unspecified atom stereocenters. The van der Waals surface area contributed by atoms with Gasteiger partial charge >= 0.3 is 6.09 Å². The van der Waals surface area contributed by atoms with Gasteiger partial charge in [-0.3, -0.25) is 0 Å². The lowest BCUT2D eigenvalue weighted by molar-refractivity contribution is 0.158. The van der Waals surface area contributed by atoms with Crippen molar-refractivity contribution < 1.29 is 9.53 Å². The van der Waals surface area contributed by atoms with Crippen LogP contribution >= 0.6 is 22.9 Å². The number of halogens is 1. The molecule has 1 aromatic carbocycles. The molecule has 2 aromatic rings. The fourth-order valence-electron chi connectivity index (χ4n) is 2.22. The van der Waals surface area contributed by atoms with Gasteiger partial charge in [-0.25, -0.2) is 9.78 Å². The van der Waals surface area contributed by atoms with Gasteiger partial charge in [-0.05, 0) is 26.0 Å². The van der Waals surface area contributed by atoms with E-state index < -0.39 is 6.09 Å². The number of hydrogen-bond donors (Lipinski definition) is 1. The van der Waals surface area contributed by atoms with E-state index in [4.69, 9.17) is 27.1 Å². The van der Waals surface area contributed by atoms with Crippen LogP contribution in [-0.2, 0) is 11.2 Å². The Morgan fingerprint density at radius 2 is 1.96 bits per heavy atom. The fraction of sp³-hybridized carbons (Fsp3) is 0.375. The van der Waals surface area contributed by atoms with Crippen LogP contribution in [0.3, 0.4) is 0 Å². The van der Waals surface area contributed by atoms with E-state index in [1.165, 1.54) is 0 Å². The number of ether oxygens (including phenoxy) is 1. The summed E-state index contributed by atoms with van der Waals surface area (Å²) in [6.45, 7) is 6.23. The largest absolute Gasteiger partial charge is 0.449 e. The highest BCUT2D eigenvalue weighted by Crippen LogP contribution is 2.34. The van der Waals surface area contributed by atoms with Crippen LogP contribution in [0, 0.1) is 0 Å². The average Bonchev–Trinajstić information content (AvgIpc) is 2.93. The summed E-state index contributed by atoms with van der Waals surface area (Å²) in [5.74, 6) is 0. The Morgan fingerprint density at radius 3 is 2.52 bits per heavy atom. The quantitative estimate of drug-likeness (QED) is 0.818. The van der Waals surface area contributed by atoms with Gasteiger partial charge in [-0.2, -0.15) is 0 Å². The van der Waals surface area contributed by atoms with Crippen LogP contribution in [0.15, 0.2) is 24.3 Å². The van der Waals surface area contributed by atoms with Crippen molar-refractivity contribution in [2.24, 2.45) is 5.73 Å². The zero-order chi connectivity index (χ0) is 16.8. The first kappa shape index (κ1) is 17.6. The second-order valence-electron chi connectivity index (χ2n) is 4.86. The third-order valence-corrected chi connectivity index (χ3v) is 4.84. The molecule has 0 radical (unpaired) electrons. The van der Waals surface area contributed by atoms with Crippen LogP contribution in [0.25, 0.3) is 11.3 Å². The van der Waals surface area contributed by atoms with Gasteiger partial charge < -0.3 is 15.4 Å². The number of primary amides is 1. The summed E-state index contributed by atoms with van der Waals surface area (Å²) in [7, 11) is 0. The summed E-state index contributed by atoms with van der Waals surface area (Å²) in [6.07, 6.45) is -0.175. The number of carbonyl (C=O) groups excluding carboxylic acids is 1. The monoisotopic (exact) mass is 353 g/mol. The number of aromatic nitrogens is 1. The maximum absolute atomic E-state index is 10.8. The first-order valence-corrected chi connectivity index (χ1v) is 8.67. The van der Waals surface area contributed by atoms with E-state index in [1.54, 1.807) is 11.3 Å². The van der Waals surface area contributed by atoms with Crippen LogP contribution in [0.1, 0.15) is 18.7 Å². The molecule has 7 heteroatoms. The molecule has 1 amide bonds. The lowest BCUT2D eigenvalue weighted by Crippen LogP contribution is -2.21. The van der Waals surface area contributed by atoms with Crippen molar-refractivity contribution in [1.29, 1.82) is 0 Å². The molecule has 0 spiro atoms. The zero-order valence-corrected chi connectivity index (χ0v) is 14.8. The molecule has 1 aromatic heterocycles. The van der Waals surface area contributed by atoms with E-state index >= 15 is 0 Å². The molecule has 0 atom stereocenters. The first-order valence-electron chi connectivity index (χ1n) is 7.48. The van der Waals surface area contributed by atoms with Gasteiger partial charge in [-0.1, -0.05) is 23.7 Å². The van der Waals surface area contributed by atoms with Gasteiger partial charge in [0.05, 0.1) is 12.3 Å².